The Morgan fingerprint density at radius 1 is 1.53 bits per heavy atom. The number of nitrogens with two attached hydrogens (primary N) is 1. The fourth-order valence-corrected chi connectivity index (χ4v) is 2.42. The van der Waals surface area contributed by atoms with Gasteiger partial charge in [0.15, 0.2) is 4.83 Å². The van der Waals surface area contributed by atoms with Gasteiger partial charge in [-0.05, 0) is 38.3 Å². The van der Waals surface area contributed by atoms with E-state index in [9.17, 15) is 4.48 Å². The van der Waals surface area contributed by atoms with Gasteiger partial charge in [0.1, 0.15) is 6.67 Å². The predicted molar refractivity (Wildman–Crippen MR) is 70.6 cm³/mol. The number of rotatable bonds is 8. The summed E-state index contributed by atoms with van der Waals surface area (Å²) in [6, 6.07) is 0.366. The SMILES string of the molecule is C[C@@H](CN)NCCCCNN1CN(F)SC1Cl. The molecule has 1 aliphatic rings. The van der Waals surface area contributed by atoms with Gasteiger partial charge in [-0.1, -0.05) is 16.1 Å². The van der Waals surface area contributed by atoms with E-state index in [1.54, 1.807) is 5.01 Å². The molecule has 1 saturated heterocycles. The van der Waals surface area contributed by atoms with Crippen molar-refractivity contribution >= 4 is 23.5 Å². The van der Waals surface area contributed by atoms with E-state index in [0.717, 1.165) is 37.9 Å². The number of unbranched alkanes of at least 4 members (excludes halogenated alkanes) is 1. The lowest BCUT2D eigenvalue weighted by atomic mass is 10.3. The van der Waals surface area contributed by atoms with Crippen LogP contribution in [-0.4, -0.2) is 46.7 Å². The zero-order chi connectivity index (χ0) is 12.7. The van der Waals surface area contributed by atoms with E-state index in [4.69, 9.17) is 17.3 Å². The Morgan fingerprint density at radius 3 is 2.82 bits per heavy atom. The number of hydrogen-bond donors (Lipinski definition) is 3. The number of halogens is 2. The highest BCUT2D eigenvalue weighted by molar-refractivity contribution is 7.98. The molecular formula is C9H21ClFN5S. The van der Waals surface area contributed by atoms with E-state index in [-0.39, 0.29) is 11.5 Å². The maximum absolute atomic E-state index is 12.8. The van der Waals surface area contributed by atoms with Crippen molar-refractivity contribution in [1.29, 1.82) is 0 Å². The highest BCUT2D eigenvalue weighted by Crippen LogP contribution is 2.30. The Morgan fingerprint density at radius 2 is 2.24 bits per heavy atom. The van der Waals surface area contributed by atoms with Crippen molar-refractivity contribution in [1.82, 2.24) is 20.3 Å². The molecule has 1 unspecified atom stereocenters. The molecule has 8 heteroatoms. The van der Waals surface area contributed by atoms with E-state index in [0.29, 0.717) is 17.1 Å². The van der Waals surface area contributed by atoms with Crippen molar-refractivity contribution < 1.29 is 4.48 Å². The minimum atomic E-state index is -0.365. The van der Waals surface area contributed by atoms with Gasteiger partial charge in [-0.3, -0.25) is 5.43 Å². The molecule has 0 amide bonds. The zero-order valence-corrected chi connectivity index (χ0v) is 11.6. The van der Waals surface area contributed by atoms with Crippen molar-refractivity contribution in [3.05, 3.63) is 0 Å². The highest BCUT2D eigenvalue weighted by atomic mass is 35.5. The smallest absolute Gasteiger partial charge is 0.162 e. The van der Waals surface area contributed by atoms with E-state index < -0.39 is 0 Å². The van der Waals surface area contributed by atoms with Crippen LogP contribution in [-0.2, 0) is 0 Å². The van der Waals surface area contributed by atoms with E-state index in [2.05, 4.69) is 17.7 Å². The Hall–Kier alpha value is 0.370. The molecule has 5 nitrogen and oxygen atoms in total. The van der Waals surface area contributed by atoms with Crippen LogP contribution in [0.15, 0.2) is 0 Å². The van der Waals surface area contributed by atoms with Crippen LogP contribution in [0, 0.1) is 0 Å². The van der Waals surface area contributed by atoms with Crippen LogP contribution in [0.4, 0.5) is 4.48 Å². The molecule has 0 bridgehead atoms. The van der Waals surface area contributed by atoms with Crippen LogP contribution in [0.3, 0.4) is 0 Å². The lowest BCUT2D eigenvalue weighted by Crippen LogP contribution is -2.40. The molecule has 1 aliphatic heterocycles. The topological polar surface area (TPSA) is 56.6 Å². The van der Waals surface area contributed by atoms with Crippen molar-refractivity contribution in [3.8, 4) is 0 Å². The first kappa shape index (κ1) is 15.4. The molecule has 4 N–H and O–H groups in total. The third kappa shape index (κ3) is 6.19. The minimum absolute atomic E-state index is 0.196. The molecule has 0 aromatic heterocycles. The minimum Gasteiger partial charge on any atom is -0.329 e. The first-order valence-corrected chi connectivity index (χ1v) is 7.08. The molecule has 1 fully saturated rings. The maximum atomic E-state index is 12.8. The Balaban J connectivity index is 1.94. The lowest BCUT2D eigenvalue weighted by molar-refractivity contribution is 0.0752. The Bertz CT molecular complexity index is 214. The van der Waals surface area contributed by atoms with Crippen LogP contribution in [0.5, 0.6) is 0 Å². The quantitative estimate of drug-likeness (QED) is 0.202. The molecule has 1 rings (SSSR count). The third-order valence-electron chi connectivity index (χ3n) is 2.47. The number of nitrogens with one attached hydrogen (secondary N) is 2. The first-order chi connectivity index (χ1) is 8.13. The van der Waals surface area contributed by atoms with E-state index >= 15 is 0 Å². The third-order valence-corrected chi connectivity index (χ3v) is 3.72. The number of alkyl halides is 1. The summed E-state index contributed by atoms with van der Waals surface area (Å²) in [7, 11) is 0. The molecule has 0 aromatic rings. The molecule has 17 heavy (non-hydrogen) atoms. The Labute approximate surface area is 111 Å². The molecule has 0 aromatic carbocycles. The van der Waals surface area contributed by atoms with Gasteiger partial charge >= 0.3 is 0 Å². The van der Waals surface area contributed by atoms with Gasteiger partial charge in [0, 0.05) is 19.1 Å². The van der Waals surface area contributed by atoms with Crippen molar-refractivity contribution in [2.45, 2.75) is 30.6 Å². The summed E-state index contributed by atoms with van der Waals surface area (Å²) in [5, 5.41) is 4.99. The van der Waals surface area contributed by atoms with Gasteiger partial charge in [-0.15, -0.1) is 4.48 Å². The summed E-state index contributed by atoms with van der Waals surface area (Å²) in [5.74, 6) is 0. The summed E-state index contributed by atoms with van der Waals surface area (Å²) in [5.41, 5.74) is 8.60. The van der Waals surface area contributed by atoms with Gasteiger partial charge in [-0.25, -0.2) is 0 Å². The second kappa shape index (κ2) is 8.47. The molecule has 102 valence electrons. The average Bonchev–Trinajstić information content (AvgIpc) is 2.62. The fraction of sp³-hybridized carbons (Fsp3) is 1.00. The number of hydrazine groups is 1. The number of hydrogen-bond acceptors (Lipinski definition) is 6. The average molecular weight is 286 g/mol. The van der Waals surface area contributed by atoms with Crippen molar-refractivity contribution in [3.63, 3.8) is 0 Å². The largest absolute Gasteiger partial charge is 0.329 e. The monoisotopic (exact) mass is 285 g/mol. The van der Waals surface area contributed by atoms with Crippen LogP contribution in [0.25, 0.3) is 0 Å². The van der Waals surface area contributed by atoms with Gasteiger partial charge in [-0.2, -0.15) is 5.01 Å². The highest BCUT2D eigenvalue weighted by Gasteiger charge is 2.29. The normalized spacial score (nSPS) is 24.4. The maximum Gasteiger partial charge on any atom is 0.162 e. The van der Waals surface area contributed by atoms with Crippen molar-refractivity contribution in [2.24, 2.45) is 5.73 Å². The summed E-state index contributed by atoms with van der Waals surface area (Å²) in [4.78, 5) is -0.365. The van der Waals surface area contributed by atoms with E-state index in [1.807, 2.05) is 0 Å². The van der Waals surface area contributed by atoms with Gasteiger partial charge < -0.3 is 11.1 Å². The summed E-state index contributed by atoms with van der Waals surface area (Å²) >= 11 is 6.86. The fourth-order valence-electron chi connectivity index (χ4n) is 1.39. The summed E-state index contributed by atoms with van der Waals surface area (Å²) in [6.07, 6.45) is 2.08. The van der Waals surface area contributed by atoms with Crippen LogP contribution >= 0.6 is 23.5 Å². The zero-order valence-electron chi connectivity index (χ0n) is 10.0. The summed E-state index contributed by atoms with van der Waals surface area (Å²) < 4.78 is 13.4. The standard InChI is InChI=1S/C9H21ClFN5S/c1-8(6-12)13-4-2-3-5-14-15-7-16(11)17-9(15)10/h8-9,13-14H,2-7,12H2,1H3/t8-,9?/m0/s1. The van der Waals surface area contributed by atoms with Gasteiger partial charge in [0.25, 0.3) is 0 Å². The molecule has 0 aliphatic carbocycles. The van der Waals surface area contributed by atoms with Crippen LogP contribution < -0.4 is 16.5 Å². The summed E-state index contributed by atoms with van der Waals surface area (Å²) in [6.45, 7) is 4.67. The molecule has 0 saturated carbocycles. The predicted octanol–water partition coefficient (Wildman–Crippen LogP) is 0.838. The second-order valence-corrected chi connectivity index (χ2v) is 5.76. The van der Waals surface area contributed by atoms with Crippen LogP contribution in [0.1, 0.15) is 19.8 Å². The van der Waals surface area contributed by atoms with Crippen LogP contribution in [0.2, 0.25) is 0 Å². The Kier molecular flexibility index (Phi) is 7.68. The number of nitrogens with zero attached hydrogens (tertiary/aromatic N) is 2. The molecule has 0 radical (unpaired) electrons. The van der Waals surface area contributed by atoms with Gasteiger partial charge in [0.2, 0.25) is 0 Å². The molecular weight excluding hydrogens is 265 g/mol. The second-order valence-electron chi connectivity index (χ2n) is 4.03. The molecule has 1 heterocycles. The van der Waals surface area contributed by atoms with Gasteiger partial charge in [0.05, 0.1) is 0 Å². The van der Waals surface area contributed by atoms with E-state index in [1.165, 1.54) is 0 Å². The molecule has 0 spiro atoms. The first-order valence-electron chi connectivity index (χ1n) is 5.81. The molecule has 2 atom stereocenters. The lowest BCUT2D eigenvalue weighted by Gasteiger charge is -2.18. The van der Waals surface area contributed by atoms with Crippen molar-refractivity contribution in [2.75, 3.05) is 26.3 Å².